The molecule has 2 atom stereocenters. The number of carbonyl (C=O) groups excluding carboxylic acids is 2. The van der Waals surface area contributed by atoms with Gasteiger partial charge in [-0.05, 0) is 12.5 Å². The molecule has 4 heterocycles. The zero-order valence-electron chi connectivity index (χ0n) is 14.3. The number of hydrogen-bond donors (Lipinski definition) is 1. The van der Waals surface area contributed by atoms with Gasteiger partial charge in [0, 0.05) is 70.0 Å². The Labute approximate surface area is 147 Å². The molecule has 0 aliphatic carbocycles. The first-order valence-electron chi connectivity index (χ1n) is 9.00. The van der Waals surface area contributed by atoms with E-state index in [0.29, 0.717) is 19.5 Å². The number of nitrogens with one attached hydrogen (secondary N) is 1. The van der Waals surface area contributed by atoms with Crippen molar-refractivity contribution in [1.29, 1.82) is 0 Å². The minimum atomic E-state index is 0.128. The highest BCUT2D eigenvalue weighted by molar-refractivity contribution is 5.81. The van der Waals surface area contributed by atoms with Gasteiger partial charge < -0.3 is 15.1 Å². The van der Waals surface area contributed by atoms with Crippen molar-refractivity contribution in [1.82, 2.24) is 25.1 Å². The summed E-state index contributed by atoms with van der Waals surface area (Å²) in [6.07, 6.45) is 4.94. The first-order chi connectivity index (χ1) is 12.2. The second-order valence-electron chi connectivity index (χ2n) is 7.08. The van der Waals surface area contributed by atoms with Crippen LogP contribution in [-0.4, -0.2) is 83.4 Å². The molecule has 0 saturated carbocycles. The molecule has 1 N–H and O–H groups in total. The van der Waals surface area contributed by atoms with Crippen LogP contribution in [0.25, 0.3) is 0 Å². The molecule has 8 heteroatoms. The van der Waals surface area contributed by atoms with Crippen molar-refractivity contribution >= 4 is 17.8 Å². The van der Waals surface area contributed by atoms with E-state index in [1.165, 1.54) is 0 Å². The normalized spacial score (nSPS) is 27.1. The van der Waals surface area contributed by atoms with Crippen molar-refractivity contribution < 1.29 is 9.59 Å². The smallest absolute Gasteiger partial charge is 0.236 e. The van der Waals surface area contributed by atoms with E-state index in [-0.39, 0.29) is 23.8 Å². The molecule has 0 radical (unpaired) electrons. The number of anilines is 1. The van der Waals surface area contributed by atoms with E-state index in [0.717, 1.165) is 45.1 Å². The Hall–Kier alpha value is -2.22. The zero-order valence-corrected chi connectivity index (χ0v) is 14.3. The van der Waals surface area contributed by atoms with Gasteiger partial charge in [-0.25, -0.2) is 9.97 Å². The number of rotatable bonds is 3. The fourth-order valence-corrected chi connectivity index (χ4v) is 4.01. The molecule has 134 valence electrons. The first kappa shape index (κ1) is 16.3. The van der Waals surface area contributed by atoms with Crippen molar-refractivity contribution in [2.24, 2.45) is 5.92 Å². The second kappa shape index (κ2) is 6.95. The Bertz CT molecular complexity index is 631. The van der Waals surface area contributed by atoms with E-state index in [1.54, 1.807) is 12.4 Å². The lowest BCUT2D eigenvalue weighted by Gasteiger charge is -2.38. The molecule has 0 unspecified atom stereocenters. The van der Waals surface area contributed by atoms with Gasteiger partial charge in [0.05, 0.1) is 6.54 Å². The number of piperidine rings is 1. The maximum atomic E-state index is 12.6. The van der Waals surface area contributed by atoms with Gasteiger partial charge >= 0.3 is 0 Å². The Morgan fingerprint density at radius 1 is 1.16 bits per heavy atom. The average Bonchev–Trinajstić information content (AvgIpc) is 3.02. The van der Waals surface area contributed by atoms with Crippen molar-refractivity contribution in [2.75, 3.05) is 50.7 Å². The number of amides is 2. The third-order valence-electron chi connectivity index (χ3n) is 5.45. The third-order valence-corrected chi connectivity index (χ3v) is 5.45. The largest absolute Gasteiger partial charge is 0.353 e. The number of carbonyl (C=O) groups is 2. The summed E-state index contributed by atoms with van der Waals surface area (Å²) in [7, 11) is 0. The summed E-state index contributed by atoms with van der Waals surface area (Å²) in [4.78, 5) is 39.0. The molecule has 0 spiro atoms. The SMILES string of the molecule is O=C1C[C@@H]2CN(C(=O)CN3CCN(c4ncccn4)CC3)CC[C@@H]2N1. The highest BCUT2D eigenvalue weighted by atomic mass is 16.2. The Morgan fingerprint density at radius 2 is 1.92 bits per heavy atom. The number of likely N-dealkylation sites (tertiary alicyclic amines) is 1. The quantitative estimate of drug-likeness (QED) is 0.784. The summed E-state index contributed by atoms with van der Waals surface area (Å²) in [6.45, 7) is 5.26. The standard InChI is InChI=1S/C17H24N6O2/c24-15-10-13-11-23(5-2-14(13)20-15)16(25)12-21-6-8-22(9-7-21)17-18-3-1-4-19-17/h1,3-4,13-14H,2,5-12H2,(H,20,24)/t13-,14+/m1/s1. The van der Waals surface area contributed by atoms with E-state index >= 15 is 0 Å². The molecule has 0 bridgehead atoms. The molecule has 3 saturated heterocycles. The molecule has 2 amide bonds. The van der Waals surface area contributed by atoms with Crippen molar-refractivity contribution in [2.45, 2.75) is 18.9 Å². The van der Waals surface area contributed by atoms with E-state index in [4.69, 9.17) is 0 Å². The van der Waals surface area contributed by atoms with Crippen LogP contribution in [-0.2, 0) is 9.59 Å². The molecule has 3 aliphatic heterocycles. The van der Waals surface area contributed by atoms with Gasteiger partial charge in [-0.1, -0.05) is 0 Å². The van der Waals surface area contributed by atoms with Crippen molar-refractivity contribution in [3.8, 4) is 0 Å². The lowest BCUT2D eigenvalue weighted by atomic mass is 9.93. The lowest BCUT2D eigenvalue weighted by molar-refractivity contribution is -0.134. The molecule has 8 nitrogen and oxygen atoms in total. The molecule has 0 aromatic carbocycles. The minimum Gasteiger partial charge on any atom is -0.353 e. The van der Waals surface area contributed by atoms with Crippen molar-refractivity contribution in [3.63, 3.8) is 0 Å². The van der Waals surface area contributed by atoms with E-state index in [1.807, 2.05) is 11.0 Å². The Morgan fingerprint density at radius 3 is 2.68 bits per heavy atom. The van der Waals surface area contributed by atoms with Gasteiger partial charge in [-0.15, -0.1) is 0 Å². The fraction of sp³-hybridized carbons (Fsp3) is 0.647. The lowest BCUT2D eigenvalue weighted by Crippen LogP contribution is -2.53. The average molecular weight is 344 g/mol. The molecule has 4 rings (SSSR count). The predicted molar refractivity (Wildman–Crippen MR) is 91.9 cm³/mol. The topological polar surface area (TPSA) is 81.7 Å². The number of nitrogens with zero attached hydrogens (tertiary/aromatic N) is 5. The van der Waals surface area contributed by atoms with Gasteiger partial charge in [0.25, 0.3) is 0 Å². The van der Waals surface area contributed by atoms with Crippen LogP contribution in [0, 0.1) is 5.92 Å². The van der Waals surface area contributed by atoms with Gasteiger partial charge in [0.2, 0.25) is 17.8 Å². The summed E-state index contributed by atoms with van der Waals surface area (Å²) in [5.74, 6) is 1.36. The molecule has 1 aromatic rings. The monoisotopic (exact) mass is 344 g/mol. The van der Waals surface area contributed by atoms with Crippen LogP contribution in [0.1, 0.15) is 12.8 Å². The summed E-state index contributed by atoms with van der Waals surface area (Å²) in [5, 5.41) is 3.01. The molecular weight excluding hydrogens is 320 g/mol. The Kier molecular flexibility index (Phi) is 4.52. The maximum Gasteiger partial charge on any atom is 0.236 e. The van der Waals surface area contributed by atoms with Crippen molar-refractivity contribution in [3.05, 3.63) is 18.5 Å². The third kappa shape index (κ3) is 3.58. The van der Waals surface area contributed by atoms with Crippen LogP contribution in [0.3, 0.4) is 0 Å². The van der Waals surface area contributed by atoms with Gasteiger partial charge in [0.1, 0.15) is 0 Å². The highest BCUT2D eigenvalue weighted by Gasteiger charge is 2.38. The maximum absolute atomic E-state index is 12.6. The van der Waals surface area contributed by atoms with Crippen LogP contribution >= 0.6 is 0 Å². The van der Waals surface area contributed by atoms with Gasteiger partial charge in [0.15, 0.2) is 0 Å². The van der Waals surface area contributed by atoms with Crippen LogP contribution in [0.5, 0.6) is 0 Å². The number of hydrogen-bond acceptors (Lipinski definition) is 6. The first-order valence-corrected chi connectivity index (χ1v) is 9.00. The highest BCUT2D eigenvalue weighted by Crippen LogP contribution is 2.25. The summed E-state index contributed by atoms with van der Waals surface area (Å²) >= 11 is 0. The van der Waals surface area contributed by atoms with Crippen LogP contribution in [0.4, 0.5) is 5.95 Å². The van der Waals surface area contributed by atoms with Crippen LogP contribution in [0.2, 0.25) is 0 Å². The van der Waals surface area contributed by atoms with Crippen LogP contribution in [0.15, 0.2) is 18.5 Å². The second-order valence-corrected chi connectivity index (χ2v) is 7.08. The van der Waals surface area contributed by atoms with Crippen LogP contribution < -0.4 is 10.2 Å². The molecule has 25 heavy (non-hydrogen) atoms. The summed E-state index contributed by atoms with van der Waals surface area (Å²) < 4.78 is 0. The minimum absolute atomic E-state index is 0.128. The zero-order chi connectivity index (χ0) is 17.2. The summed E-state index contributed by atoms with van der Waals surface area (Å²) in [5.41, 5.74) is 0. The fourth-order valence-electron chi connectivity index (χ4n) is 4.01. The summed E-state index contributed by atoms with van der Waals surface area (Å²) in [6, 6.07) is 2.08. The van der Waals surface area contributed by atoms with E-state index in [9.17, 15) is 9.59 Å². The number of aromatic nitrogens is 2. The Balaban J connectivity index is 1.26. The van der Waals surface area contributed by atoms with Gasteiger partial charge in [-0.2, -0.15) is 0 Å². The van der Waals surface area contributed by atoms with Gasteiger partial charge in [-0.3, -0.25) is 14.5 Å². The number of piperazine rings is 1. The van der Waals surface area contributed by atoms with E-state index < -0.39 is 0 Å². The molecule has 3 aliphatic rings. The number of fused-ring (bicyclic) bond motifs is 1. The molecule has 3 fully saturated rings. The molecule has 1 aromatic heterocycles. The predicted octanol–water partition coefficient (Wildman–Crippen LogP) is -0.664. The molecular formula is C17H24N6O2. The van der Waals surface area contributed by atoms with E-state index in [2.05, 4.69) is 25.1 Å².